The first-order valence-corrected chi connectivity index (χ1v) is 4.60. The average molecular weight is 205 g/mol. The Morgan fingerprint density at radius 1 is 1.33 bits per heavy atom. The number of aliphatic hydroxyl groups excluding tert-OH is 1. The first-order valence-electron chi connectivity index (χ1n) is 4.60. The Labute approximate surface area is 86.6 Å². The lowest BCUT2D eigenvalue weighted by Gasteiger charge is -2.04. The van der Waals surface area contributed by atoms with Crippen molar-refractivity contribution >= 4 is 0 Å². The number of nitrogens with zero attached hydrogens (tertiary/aromatic N) is 3. The van der Waals surface area contributed by atoms with Crippen molar-refractivity contribution in [2.75, 3.05) is 6.61 Å². The SMILES string of the molecule is OCCn1nncc1-c1cccc(O)c1. The molecule has 0 atom stereocenters. The number of rotatable bonds is 3. The molecule has 1 heterocycles. The van der Waals surface area contributed by atoms with Gasteiger partial charge in [-0.3, -0.25) is 0 Å². The predicted octanol–water partition coefficient (Wildman–Crippen LogP) is 0.643. The summed E-state index contributed by atoms with van der Waals surface area (Å²) in [5.41, 5.74) is 1.61. The second kappa shape index (κ2) is 4.10. The van der Waals surface area contributed by atoms with E-state index in [9.17, 15) is 5.11 Å². The summed E-state index contributed by atoms with van der Waals surface area (Å²) >= 11 is 0. The van der Waals surface area contributed by atoms with Crippen LogP contribution >= 0.6 is 0 Å². The number of aromatic hydroxyl groups is 1. The summed E-state index contributed by atoms with van der Waals surface area (Å²) in [6.45, 7) is 0.403. The van der Waals surface area contributed by atoms with Gasteiger partial charge in [0.2, 0.25) is 0 Å². The van der Waals surface area contributed by atoms with E-state index in [4.69, 9.17) is 5.11 Å². The number of aromatic nitrogens is 3. The van der Waals surface area contributed by atoms with E-state index < -0.39 is 0 Å². The Balaban J connectivity index is 2.40. The maximum Gasteiger partial charge on any atom is 0.116 e. The molecule has 0 fully saturated rings. The van der Waals surface area contributed by atoms with Crippen LogP contribution in [0.5, 0.6) is 5.75 Å². The molecule has 0 aliphatic rings. The Kier molecular flexibility index (Phi) is 2.64. The van der Waals surface area contributed by atoms with E-state index in [2.05, 4.69) is 10.3 Å². The molecule has 0 saturated carbocycles. The normalized spacial score (nSPS) is 10.5. The Bertz CT molecular complexity index is 453. The van der Waals surface area contributed by atoms with Crippen molar-refractivity contribution in [1.29, 1.82) is 0 Å². The molecule has 15 heavy (non-hydrogen) atoms. The molecule has 5 nitrogen and oxygen atoms in total. The molecule has 0 spiro atoms. The topological polar surface area (TPSA) is 71.2 Å². The number of hydrogen-bond acceptors (Lipinski definition) is 4. The third kappa shape index (κ3) is 1.97. The third-order valence-electron chi connectivity index (χ3n) is 2.07. The summed E-state index contributed by atoms with van der Waals surface area (Å²) in [7, 11) is 0. The van der Waals surface area contributed by atoms with Crippen molar-refractivity contribution < 1.29 is 10.2 Å². The number of phenols is 1. The van der Waals surface area contributed by atoms with Gasteiger partial charge in [-0.1, -0.05) is 17.3 Å². The molecule has 0 radical (unpaired) electrons. The minimum absolute atomic E-state index is 0.00910. The summed E-state index contributed by atoms with van der Waals surface area (Å²) in [6, 6.07) is 6.84. The van der Waals surface area contributed by atoms with Crippen LogP contribution in [0, 0.1) is 0 Å². The van der Waals surface area contributed by atoms with E-state index in [1.165, 1.54) is 0 Å². The average Bonchev–Trinajstić information content (AvgIpc) is 2.66. The van der Waals surface area contributed by atoms with Gasteiger partial charge >= 0.3 is 0 Å². The van der Waals surface area contributed by atoms with Crippen LogP contribution < -0.4 is 0 Å². The molecule has 5 heteroatoms. The van der Waals surface area contributed by atoms with Crippen molar-refractivity contribution in [2.24, 2.45) is 0 Å². The molecular weight excluding hydrogens is 194 g/mol. The van der Waals surface area contributed by atoms with Gasteiger partial charge in [0.1, 0.15) is 5.75 Å². The molecule has 0 aliphatic carbocycles. The van der Waals surface area contributed by atoms with Crippen LogP contribution in [0.25, 0.3) is 11.3 Å². The van der Waals surface area contributed by atoms with Crippen molar-refractivity contribution in [1.82, 2.24) is 15.0 Å². The highest BCUT2D eigenvalue weighted by molar-refractivity contribution is 5.60. The van der Waals surface area contributed by atoms with E-state index in [1.54, 1.807) is 29.1 Å². The molecule has 1 aromatic carbocycles. The fraction of sp³-hybridized carbons (Fsp3) is 0.200. The summed E-state index contributed by atoms with van der Waals surface area (Å²) < 4.78 is 1.59. The van der Waals surface area contributed by atoms with Crippen LogP contribution in [0.3, 0.4) is 0 Å². The molecule has 2 rings (SSSR count). The number of phenolic OH excluding ortho intramolecular Hbond substituents is 1. The third-order valence-corrected chi connectivity index (χ3v) is 2.07. The molecular formula is C10H11N3O2. The van der Waals surface area contributed by atoms with Crippen LogP contribution in [0.4, 0.5) is 0 Å². The maximum atomic E-state index is 9.33. The Hall–Kier alpha value is -1.88. The molecule has 1 aromatic heterocycles. The molecule has 0 saturated heterocycles. The van der Waals surface area contributed by atoms with Gasteiger partial charge in [0.05, 0.1) is 25.0 Å². The fourth-order valence-electron chi connectivity index (χ4n) is 1.41. The van der Waals surface area contributed by atoms with Gasteiger partial charge in [0, 0.05) is 5.56 Å². The zero-order valence-electron chi connectivity index (χ0n) is 8.04. The minimum Gasteiger partial charge on any atom is -0.508 e. The smallest absolute Gasteiger partial charge is 0.116 e. The lowest BCUT2D eigenvalue weighted by Crippen LogP contribution is -2.05. The van der Waals surface area contributed by atoms with Crippen molar-refractivity contribution in [3.05, 3.63) is 30.5 Å². The minimum atomic E-state index is 0.00910. The van der Waals surface area contributed by atoms with Crippen LogP contribution in [0.15, 0.2) is 30.5 Å². The zero-order chi connectivity index (χ0) is 10.7. The highest BCUT2D eigenvalue weighted by Gasteiger charge is 2.06. The highest BCUT2D eigenvalue weighted by atomic mass is 16.3. The lowest BCUT2D eigenvalue weighted by molar-refractivity contribution is 0.269. The first-order chi connectivity index (χ1) is 7.31. The summed E-state index contributed by atoms with van der Waals surface area (Å²) in [5, 5.41) is 25.8. The standard InChI is InChI=1S/C10H11N3O2/c14-5-4-13-10(7-11-12-13)8-2-1-3-9(15)6-8/h1-3,6-7,14-15H,4-5H2. The Morgan fingerprint density at radius 3 is 2.93 bits per heavy atom. The van der Waals surface area contributed by atoms with Gasteiger partial charge < -0.3 is 10.2 Å². The van der Waals surface area contributed by atoms with E-state index in [0.717, 1.165) is 11.3 Å². The molecule has 0 bridgehead atoms. The van der Waals surface area contributed by atoms with Crippen molar-refractivity contribution in [3.63, 3.8) is 0 Å². The first kappa shape index (κ1) is 9.67. The maximum absolute atomic E-state index is 9.33. The second-order valence-electron chi connectivity index (χ2n) is 3.12. The lowest BCUT2D eigenvalue weighted by atomic mass is 10.1. The summed E-state index contributed by atoms with van der Waals surface area (Å²) in [5.74, 6) is 0.198. The number of benzene rings is 1. The van der Waals surface area contributed by atoms with Gasteiger partial charge in [-0.25, -0.2) is 4.68 Å². The summed E-state index contributed by atoms with van der Waals surface area (Å²) in [6.07, 6.45) is 1.60. The Morgan fingerprint density at radius 2 is 2.20 bits per heavy atom. The van der Waals surface area contributed by atoms with E-state index >= 15 is 0 Å². The van der Waals surface area contributed by atoms with Gasteiger partial charge in [-0.15, -0.1) is 5.10 Å². The van der Waals surface area contributed by atoms with Crippen LogP contribution in [0.2, 0.25) is 0 Å². The van der Waals surface area contributed by atoms with Gasteiger partial charge in [-0.05, 0) is 12.1 Å². The van der Waals surface area contributed by atoms with Gasteiger partial charge in [0.25, 0.3) is 0 Å². The monoisotopic (exact) mass is 205 g/mol. The molecule has 78 valence electrons. The van der Waals surface area contributed by atoms with E-state index in [0.29, 0.717) is 6.54 Å². The highest BCUT2D eigenvalue weighted by Crippen LogP contribution is 2.21. The van der Waals surface area contributed by atoms with Crippen LogP contribution in [-0.2, 0) is 6.54 Å². The van der Waals surface area contributed by atoms with Gasteiger partial charge in [0.15, 0.2) is 0 Å². The van der Waals surface area contributed by atoms with Crippen LogP contribution in [0.1, 0.15) is 0 Å². The number of aliphatic hydroxyl groups is 1. The molecule has 0 unspecified atom stereocenters. The van der Waals surface area contributed by atoms with Crippen LogP contribution in [-0.4, -0.2) is 31.8 Å². The number of hydrogen-bond donors (Lipinski definition) is 2. The quantitative estimate of drug-likeness (QED) is 0.771. The molecule has 0 aliphatic heterocycles. The predicted molar refractivity (Wildman–Crippen MR) is 54.2 cm³/mol. The molecule has 0 amide bonds. The summed E-state index contributed by atoms with van der Waals surface area (Å²) in [4.78, 5) is 0. The molecule has 2 N–H and O–H groups in total. The zero-order valence-corrected chi connectivity index (χ0v) is 8.04. The fourth-order valence-corrected chi connectivity index (χ4v) is 1.41. The largest absolute Gasteiger partial charge is 0.508 e. The van der Waals surface area contributed by atoms with E-state index in [1.807, 2.05) is 6.07 Å². The second-order valence-corrected chi connectivity index (χ2v) is 3.12. The van der Waals surface area contributed by atoms with E-state index in [-0.39, 0.29) is 12.4 Å². The van der Waals surface area contributed by atoms with Crippen molar-refractivity contribution in [2.45, 2.75) is 6.54 Å². The van der Waals surface area contributed by atoms with Gasteiger partial charge in [-0.2, -0.15) is 0 Å². The molecule has 2 aromatic rings. The van der Waals surface area contributed by atoms with Crippen molar-refractivity contribution in [3.8, 4) is 17.0 Å².